The molecule has 2 aliphatic carbocycles. The van der Waals surface area contributed by atoms with Crippen molar-refractivity contribution >= 4 is 11.6 Å². The second-order valence-corrected chi connectivity index (χ2v) is 3.97. The average Bonchev–Trinajstić information content (AvgIpc) is 2.62. The Morgan fingerprint density at radius 3 is 2.73 bits per heavy atom. The first kappa shape index (κ1) is 7.63. The summed E-state index contributed by atoms with van der Waals surface area (Å²) < 4.78 is 0. The molecule has 1 saturated carbocycles. The molecule has 1 nitrogen and oxygen atoms in total. The minimum atomic E-state index is -0.281. The first-order valence-electron chi connectivity index (χ1n) is 4.23. The molecule has 2 bridgehead atoms. The number of alkyl halides is 1. The van der Waals surface area contributed by atoms with Gasteiger partial charge in [0.15, 0.2) is 0 Å². The van der Waals surface area contributed by atoms with Gasteiger partial charge in [0.05, 0.1) is 6.10 Å². The van der Waals surface area contributed by atoms with Gasteiger partial charge < -0.3 is 5.11 Å². The van der Waals surface area contributed by atoms with Crippen LogP contribution in [0.5, 0.6) is 0 Å². The van der Waals surface area contributed by atoms with E-state index in [1.165, 1.54) is 6.42 Å². The zero-order valence-corrected chi connectivity index (χ0v) is 7.17. The predicted octanol–water partition coefficient (Wildman–Crippen LogP) is 1.80. The average molecular weight is 173 g/mol. The largest absolute Gasteiger partial charge is 0.392 e. The summed E-state index contributed by atoms with van der Waals surface area (Å²) >= 11 is 5.60. The number of aliphatic hydroxyl groups is 1. The number of hydrogen-bond donors (Lipinski definition) is 1. The lowest BCUT2D eigenvalue weighted by atomic mass is 9.89. The Hall–Kier alpha value is -0.0100. The molecule has 0 saturated heterocycles. The second kappa shape index (κ2) is 2.80. The number of halogens is 1. The molecule has 0 aliphatic heterocycles. The van der Waals surface area contributed by atoms with Crippen molar-refractivity contribution in [2.24, 2.45) is 17.8 Å². The third-order valence-corrected chi connectivity index (χ3v) is 3.30. The van der Waals surface area contributed by atoms with Gasteiger partial charge in [0.25, 0.3) is 0 Å². The van der Waals surface area contributed by atoms with Crippen LogP contribution in [-0.4, -0.2) is 17.1 Å². The maximum Gasteiger partial charge on any atom is 0.0709 e. The number of allylic oxidation sites excluding steroid dienone is 2. The minimum Gasteiger partial charge on any atom is -0.392 e. The smallest absolute Gasteiger partial charge is 0.0709 e. The van der Waals surface area contributed by atoms with Crippen LogP contribution in [0.3, 0.4) is 0 Å². The van der Waals surface area contributed by atoms with E-state index in [2.05, 4.69) is 12.2 Å². The van der Waals surface area contributed by atoms with E-state index in [0.29, 0.717) is 17.7 Å². The SMILES string of the molecule is OC(CCl)C1CC2C=CC1C2. The fraction of sp³-hybridized carbons (Fsp3) is 0.778. The highest BCUT2D eigenvalue weighted by Crippen LogP contribution is 2.44. The Kier molecular flexibility index (Phi) is 1.94. The monoisotopic (exact) mass is 172 g/mol. The number of rotatable bonds is 2. The third-order valence-electron chi connectivity index (χ3n) is 2.98. The first-order valence-corrected chi connectivity index (χ1v) is 4.77. The molecule has 2 aliphatic rings. The predicted molar refractivity (Wildman–Crippen MR) is 45.6 cm³/mol. The topological polar surface area (TPSA) is 20.2 Å². The zero-order valence-electron chi connectivity index (χ0n) is 6.41. The van der Waals surface area contributed by atoms with Crippen molar-refractivity contribution in [3.8, 4) is 0 Å². The molecule has 0 heterocycles. The Morgan fingerprint density at radius 1 is 1.45 bits per heavy atom. The summed E-state index contributed by atoms with van der Waals surface area (Å²) in [6, 6.07) is 0. The standard InChI is InChI=1S/C9H13ClO/c10-5-9(11)8-4-6-1-2-7(8)3-6/h1-2,6-9,11H,3-5H2. The molecule has 2 heteroatoms. The lowest BCUT2D eigenvalue weighted by Crippen LogP contribution is -2.25. The fourth-order valence-corrected chi connectivity index (χ4v) is 2.61. The Balaban J connectivity index is 2.02. The van der Waals surface area contributed by atoms with Crippen LogP contribution in [0.1, 0.15) is 12.8 Å². The molecule has 0 aromatic heterocycles. The van der Waals surface area contributed by atoms with Gasteiger partial charge in [0, 0.05) is 5.88 Å². The Morgan fingerprint density at radius 2 is 2.27 bits per heavy atom. The zero-order chi connectivity index (χ0) is 7.84. The molecule has 0 amide bonds. The molecule has 0 radical (unpaired) electrons. The van der Waals surface area contributed by atoms with Crippen molar-refractivity contribution in [2.75, 3.05) is 5.88 Å². The summed E-state index contributed by atoms with van der Waals surface area (Å²) in [5.74, 6) is 2.20. The molecule has 11 heavy (non-hydrogen) atoms. The van der Waals surface area contributed by atoms with Crippen LogP contribution in [0.15, 0.2) is 12.2 Å². The van der Waals surface area contributed by atoms with Crippen molar-refractivity contribution in [1.29, 1.82) is 0 Å². The van der Waals surface area contributed by atoms with Crippen molar-refractivity contribution < 1.29 is 5.11 Å². The van der Waals surface area contributed by atoms with Crippen molar-refractivity contribution in [1.82, 2.24) is 0 Å². The van der Waals surface area contributed by atoms with Gasteiger partial charge in [-0.05, 0) is 30.6 Å². The maximum absolute atomic E-state index is 9.51. The van der Waals surface area contributed by atoms with E-state index in [-0.39, 0.29) is 6.10 Å². The molecular weight excluding hydrogens is 160 g/mol. The molecule has 4 unspecified atom stereocenters. The molecule has 0 spiro atoms. The fourth-order valence-electron chi connectivity index (χ4n) is 2.38. The van der Waals surface area contributed by atoms with E-state index in [4.69, 9.17) is 11.6 Å². The van der Waals surface area contributed by atoms with Crippen LogP contribution >= 0.6 is 11.6 Å². The molecular formula is C9H13ClO. The summed E-state index contributed by atoms with van der Waals surface area (Å²) in [5.41, 5.74) is 0. The van der Waals surface area contributed by atoms with Gasteiger partial charge in [-0.1, -0.05) is 12.2 Å². The molecule has 1 N–H and O–H groups in total. The summed E-state index contributed by atoms with van der Waals surface area (Å²) in [5, 5.41) is 9.51. The second-order valence-electron chi connectivity index (χ2n) is 3.67. The van der Waals surface area contributed by atoms with Gasteiger partial charge >= 0.3 is 0 Å². The lowest BCUT2D eigenvalue weighted by Gasteiger charge is -2.21. The molecule has 1 fully saturated rings. The maximum atomic E-state index is 9.51. The van der Waals surface area contributed by atoms with Crippen LogP contribution in [0, 0.1) is 17.8 Å². The van der Waals surface area contributed by atoms with E-state index in [1.807, 2.05) is 0 Å². The first-order chi connectivity index (χ1) is 5.31. The summed E-state index contributed by atoms with van der Waals surface area (Å²) in [4.78, 5) is 0. The van der Waals surface area contributed by atoms with Crippen LogP contribution in [-0.2, 0) is 0 Å². The third kappa shape index (κ3) is 1.21. The number of hydrogen-bond acceptors (Lipinski definition) is 1. The lowest BCUT2D eigenvalue weighted by molar-refractivity contribution is 0.114. The van der Waals surface area contributed by atoms with Gasteiger partial charge in [0.2, 0.25) is 0 Å². The van der Waals surface area contributed by atoms with Gasteiger partial charge in [-0.15, -0.1) is 11.6 Å². The molecule has 0 aromatic carbocycles. The van der Waals surface area contributed by atoms with Crippen molar-refractivity contribution in [3.63, 3.8) is 0 Å². The van der Waals surface area contributed by atoms with E-state index in [1.54, 1.807) is 0 Å². The Bertz CT molecular complexity index is 178. The molecule has 0 aromatic rings. The van der Waals surface area contributed by atoms with Gasteiger partial charge in [-0.2, -0.15) is 0 Å². The van der Waals surface area contributed by atoms with Crippen molar-refractivity contribution in [3.05, 3.63) is 12.2 Å². The normalized spacial score (nSPS) is 43.3. The summed E-state index contributed by atoms with van der Waals surface area (Å²) in [6.45, 7) is 0. The highest BCUT2D eigenvalue weighted by atomic mass is 35.5. The van der Waals surface area contributed by atoms with E-state index in [0.717, 1.165) is 12.3 Å². The molecule has 4 atom stereocenters. The highest BCUT2D eigenvalue weighted by molar-refractivity contribution is 6.18. The van der Waals surface area contributed by atoms with Gasteiger partial charge in [-0.3, -0.25) is 0 Å². The van der Waals surface area contributed by atoms with Gasteiger partial charge in [-0.25, -0.2) is 0 Å². The quantitative estimate of drug-likeness (QED) is 0.498. The van der Waals surface area contributed by atoms with Crippen LogP contribution in [0.25, 0.3) is 0 Å². The highest BCUT2D eigenvalue weighted by Gasteiger charge is 2.38. The van der Waals surface area contributed by atoms with Gasteiger partial charge in [0.1, 0.15) is 0 Å². The van der Waals surface area contributed by atoms with E-state index in [9.17, 15) is 5.11 Å². The molecule has 62 valence electrons. The number of fused-ring (bicyclic) bond motifs is 2. The van der Waals surface area contributed by atoms with Crippen molar-refractivity contribution in [2.45, 2.75) is 18.9 Å². The number of aliphatic hydroxyl groups excluding tert-OH is 1. The summed E-state index contributed by atoms with van der Waals surface area (Å²) in [6.07, 6.45) is 6.64. The Labute approximate surface area is 72.1 Å². The van der Waals surface area contributed by atoms with E-state index < -0.39 is 0 Å². The minimum absolute atomic E-state index is 0.281. The van der Waals surface area contributed by atoms with E-state index >= 15 is 0 Å². The summed E-state index contributed by atoms with van der Waals surface area (Å²) in [7, 11) is 0. The van der Waals surface area contributed by atoms with Crippen LogP contribution in [0.4, 0.5) is 0 Å². The molecule has 2 rings (SSSR count). The van der Waals surface area contributed by atoms with Crippen LogP contribution in [0.2, 0.25) is 0 Å². The van der Waals surface area contributed by atoms with Crippen LogP contribution < -0.4 is 0 Å².